The number of fused-ring (bicyclic) bond motifs is 3. The maximum Gasteiger partial charge on any atom is 0.335 e. The number of nitrogens with zero attached hydrogens (tertiary/aromatic N) is 2. The Morgan fingerprint density at radius 2 is 2.00 bits per heavy atom. The van der Waals surface area contributed by atoms with Gasteiger partial charge in [-0.1, -0.05) is 37.0 Å². The lowest BCUT2D eigenvalue weighted by molar-refractivity contribution is 0.0697. The highest BCUT2D eigenvalue weighted by molar-refractivity contribution is 5.97. The number of aromatic nitrogens is 1. The Morgan fingerprint density at radius 1 is 1.23 bits per heavy atom. The lowest BCUT2D eigenvalue weighted by atomic mass is 9.81. The molecule has 1 aliphatic heterocycles. The van der Waals surface area contributed by atoms with Gasteiger partial charge in [0.1, 0.15) is 0 Å². The lowest BCUT2D eigenvalue weighted by Gasteiger charge is -2.28. The molecule has 1 fully saturated rings. The van der Waals surface area contributed by atoms with Crippen molar-refractivity contribution in [3.63, 3.8) is 0 Å². The number of carboxylic acids is 1. The van der Waals surface area contributed by atoms with Gasteiger partial charge in [0.2, 0.25) is 0 Å². The fourth-order valence-corrected chi connectivity index (χ4v) is 5.45. The average molecular weight is 407 g/mol. The van der Waals surface area contributed by atoms with Crippen LogP contribution in [0, 0.1) is 0 Å². The Hall–Kier alpha value is -2.33. The number of carbonyl (C=O) groups is 1. The van der Waals surface area contributed by atoms with Gasteiger partial charge in [-0.2, -0.15) is 0 Å². The van der Waals surface area contributed by atoms with Crippen LogP contribution in [0.3, 0.4) is 0 Å². The van der Waals surface area contributed by atoms with Crippen LogP contribution < -0.4 is 0 Å². The minimum absolute atomic E-state index is 0.377. The third kappa shape index (κ3) is 3.85. The summed E-state index contributed by atoms with van der Waals surface area (Å²) in [5, 5.41) is 10.9. The Balaban J connectivity index is 1.99. The fraction of sp³-hybridized carbons (Fsp3) is 0.500. The van der Waals surface area contributed by atoms with Gasteiger partial charge in [-0.15, -0.1) is 6.58 Å². The van der Waals surface area contributed by atoms with E-state index in [2.05, 4.69) is 36.1 Å². The normalized spacial score (nSPS) is 21.3. The molecule has 160 valence electrons. The topological polar surface area (TPSA) is 45.5 Å². The second kappa shape index (κ2) is 8.81. The molecular formula is C26H34N2O2. The molecule has 1 N–H and O–H groups in total. The minimum Gasteiger partial charge on any atom is -0.478 e. The number of likely N-dealkylation sites (N-methyl/N-ethyl adjacent to an activating group) is 1. The zero-order chi connectivity index (χ0) is 21.3. The summed E-state index contributed by atoms with van der Waals surface area (Å²) in [4.78, 5) is 14.1. The molecule has 4 nitrogen and oxygen atoms in total. The van der Waals surface area contributed by atoms with Crippen molar-refractivity contribution >= 4 is 22.4 Å². The van der Waals surface area contributed by atoms with Crippen LogP contribution in [0.1, 0.15) is 79.4 Å². The number of rotatable bonds is 5. The summed E-state index contributed by atoms with van der Waals surface area (Å²) < 4.78 is 2.42. The van der Waals surface area contributed by atoms with Crippen LogP contribution in [0.5, 0.6) is 0 Å². The van der Waals surface area contributed by atoms with Crippen molar-refractivity contribution in [2.45, 2.75) is 64.3 Å². The van der Waals surface area contributed by atoms with Crippen LogP contribution in [0.2, 0.25) is 0 Å². The van der Waals surface area contributed by atoms with Crippen molar-refractivity contribution in [3.05, 3.63) is 53.2 Å². The van der Waals surface area contributed by atoms with Crippen molar-refractivity contribution in [2.75, 3.05) is 20.1 Å². The van der Waals surface area contributed by atoms with Gasteiger partial charge in [-0.3, -0.25) is 0 Å². The van der Waals surface area contributed by atoms with E-state index in [1.807, 2.05) is 12.1 Å². The molecule has 0 saturated heterocycles. The largest absolute Gasteiger partial charge is 0.478 e. The van der Waals surface area contributed by atoms with Gasteiger partial charge in [-0.25, -0.2) is 4.79 Å². The summed E-state index contributed by atoms with van der Waals surface area (Å²) >= 11 is 0. The molecule has 4 rings (SSSR count). The van der Waals surface area contributed by atoms with Crippen molar-refractivity contribution in [2.24, 2.45) is 0 Å². The maximum atomic E-state index is 11.7. The van der Waals surface area contributed by atoms with E-state index < -0.39 is 5.97 Å². The van der Waals surface area contributed by atoms with Gasteiger partial charge in [0.25, 0.3) is 0 Å². The summed E-state index contributed by atoms with van der Waals surface area (Å²) in [7, 11) is 2.18. The molecule has 2 aromatic rings. The molecule has 0 atom stereocenters. The molecule has 2 aliphatic rings. The highest BCUT2D eigenvalue weighted by atomic mass is 16.4. The highest BCUT2D eigenvalue weighted by Gasteiger charge is 2.28. The summed E-state index contributed by atoms with van der Waals surface area (Å²) in [5.74, 6) is -0.283. The minimum atomic E-state index is -0.853. The quantitative estimate of drug-likeness (QED) is 0.613. The zero-order valence-electron chi connectivity index (χ0n) is 18.4. The number of hydrogen-bond acceptors (Lipinski definition) is 2. The summed E-state index contributed by atoms with van der Waals surface area (Å²) in [6, 6.07) is 5.75. The molecule has 0 spiro atoms. The van der Waals surface area contributed by atoms with E-state index in [1.54, 1.807) is 6.07 Å². The molecule has 1 aromatic heterocycles. The van der Waals surface area contributed by atoms with Crippen LogP contribution in [0.4, 0.5) is 0 Å². The first-order chi connectivity index (χ1) is 14.5. The van der Waals surface area contributed by atoms with E-state index in [1.165, 1.54) is 59.9 Å². The van der Waals surface area contributed by atoms with E-state index >= 15 is 0 Å². The Morgan fingerprint density at radius 3 is 2.70 bits per heavy atom. The molecule has 0 bridgehead atoms. The average Bonchev–Trinajstić information content (AvgIpc) is 3.07. The van der Waals surface area contributed by atoms with E-state index in [0.29, 0.717) is 11.5 Å². The molecular weight excluding hydrogens is 372 g/mol. The van der Waals surface area contributed by atoms with Gasteiger partial charge in [0.05, 0.1) is 5.56 Å². The number of allylic oxidation sites excluding steroid dienone is 2. The van der Waals surface area contributed by atoms with Crippen molar-refractivity contribution in [1.29, 1.82) is 0 Å². The highest BCUT2D eigenvalue weighted by Crippen LogP contribution is 2.44. The van der Waals surface area contributed by atoms with Gasteiger partial charge in [0.15, 0.2) is 0 Å². The van der Waals surface area contributed by atoms with E-state index in [0.717, 1.165) is 38.0 Å². The Kier molecular flexibility index (Phi) is 6.14. The monoisotopic (exact) mass is 406 g/mol. The first-order valence-electron chi connectivity index (χ1n) is 11.4. The number of hydrogen-bond donors (Lipinski definition) is 1. The number of carboxylic acid groups (broad SMARTS) is 1. The first kappa shape index (κ1) is 20.9. The molecule has 0 radical (unpaired) electrons. The Bertz CT molecular complexity index is 992. The molecule has 1 saturated carbocycles. The molecule has 1 aliphatic carbocycles. The van der Waals surface area contributed by atoms with Crippen molar-refractivity contribution in [3.8, 4) is 0 Å². The predicted octanol–water partition coefficient (Wildman–Crippen LogP) is 6.07. The molecule has 0 amide bonds. The van der Waals surface area contributed by atoms with E-state index in [4.69, 9.17) is 0 Å². The van der Waals surface area contributed by atoms with Crippen molar-refractivity contribution < 1.29 is 9.90 Å². The maximum absolute atomic E-state index is 11.7. The number of aromatic carboxylic acids is 1. The van der Waals surface area contributed by atoms with E-state index in [-0.39, 0.29) is 0 Å². The van der Waals surface area contributed by atoms with Gasteiger partial charge < -0.3 is 14.6 Å². The van der Waals surface area contributed by atoms with Crippen LogP contribution >= 0.6 is 0 Å². The number of benzene rings is 1. The molecule has 30 heavy (non-hydrogen) atoms. The van der Waals surface area contributed by atoms with Crippen LogP contribution in [0.15, 0.2) is 36.4 Å². The summed E-state index contributed by atoms with van der Waals surface area (Å²) in [6.07, 6.45) is 10.4. The Labute approximate surface area is 179 Å². The smallest absolute Gasteiger partial charge is 0.335 e. The van der Waals surface area contributed by atoms with Gasteiger partial charge in [-0.05, 0) is 68.8 Å². The SMILES string of the molecule is C=CCC/C1=C(\C)c2c(C3CCCCC3)c3ccc(C(=O)O)cc3n2CCN(C)C1. The summed E-state index contributed by atoms with van der Waals surface area (Å²) in [6.45, 7) is 9.06. The third-order valence-electron chi connectivity index (χ3n) is 7.07. The molecule has 0 unspecified atom stereocenters. The standard InChI is InChI=1S/C26H34N2O2/c1-4-5-9-21-17-27(3)14-15-28-23-16-20(26(29)30)12-13-22(23)24(25(28)18(21)2)19-10-7-6-8-11-19/h4,12-13,16,19H,1,5-11,14-15,17H2,2-3H3,(H,29,30)/b21-18-. The molecule has 2 heterocycles. The second-order valence-electron chi connectivity index (χ2n) is 9.08. The van der Waals surface area contributed by atoms with E-state index in [9.17, 15) is 9.90 Å². The first-order valence-corrected chi connectivity index (χ1v) is 11.4. The molecule has 4 heteroatoms. The second-order valence-corrected chi connectivity index (χ2v) is 9.08. The fourth-order valence-electron chi connectivity index (χ4n) is 5.45. The van der Waals surface area contributed by atoms with Crippen LogP contribution in [-0.4, -0.2) is 40.7 Å². The molecule has 1 aromatic carbocycles. The van der Waals surface area contributed by atoms with Gasteiger partial charge in [0, 0.05) is 36.2 Å². The van der Waals surface area contributed by atoms with Crippen LogP contribution in [0.25, 0.3) is 16.5 Å². The van der Waals surface area contributed by atoms with Crippen molar-refractivity contribution in [1.82, 2.24) is 9.47 Å². The predicted molar refractivity (Wildman–Crippen MR) is 124 cm³/mol. The lowest BCUT2D eigenvalue weighted by Crippen LogP contribution is -2.28. The van der Waals surface area contributed by atoms with Gasteiger partial charge >= 0.3 is 5.97 Å². The van der Waals surface area contributed by atoms with Crippen LogP contribution in [-0.2, 0) is 6.54 Å². The summed E-state index contributed by atoms with van der Waals surface area (Å²) in [5.41, 5.74) is 7.17. The zero-order valence-corrected chi connectivity index (χ0v) is 18.4. The third-order valence-corrected chi connectivity index (χ3v) is 7.07.